The number of hydrogen-bond donors (Lipinski definition) is 2. The van der Waals surface area contributed by atoms with Crippen LogP contribution in [0.4, 0.5) is 0 Å². The topological polar surface area (TPSA) is 95.1 Å². The number of amides is 1. The Morgan fingerprint density at radius 2 is 2.14 bits per heavy atom. The van der Waals surface area contributed by atoms with E-state index in [4.69, 9.17) is 22.7 Å². The molecule has 0 saturated heterocycles. The van der Waals surface area contributed by atoms with E-state index >= 15 is 0 Å². The van der Waals surface area contributed by atoms with Crippen molar-refractivity contribution in [3.63, 3.8) is 0 Å². The zero-order chi connectivity index (χ0) is 15.2. The maximum Gasteiger partial charge on any atom is 0.258 e. The predicted octanol–water partition coefficient (Wildman–Crippen LogP) is 0.144. The van der Waals surface area contributed by atoms with E-state index in [0.29, 0.717) is 16.6 Å². The number of carbonyl (C=O) groups excluding carboxylic acids is 1. The number of thiocarbonyl (C=S) groups is 1. The highest BCUT2D eigenvalue weighted by molar-refractivity contribution is 7.80. The van der Waals surface area contributed by atoms with Gasteiger partial charge in [0.05, 0.1) is 6.54 Å². The number of aromatic nitrogens is 3. The van der Waals surface area contributed by atoms with Gasteiger partial charge in [-0.1, -0.05) is 12.2 Å². The van der Waals surface area contributed by atoms with Crippen molar-refractivity contribution in [3.8, 4) is 5.75 Å². The number of benzene rings is 1. The van der Waals surface area contributed by atoms with E-state index in [1.165, 1.54) is 0 Å². The molecule has 1 aromatic carbocycles. The molecule has 0 spiro atoms. The second-order valence-corrected chi connectivity index (χ2v) is 4.73. The molecule has 0 radical (unpaired) electrons. The maximum atomic E-state index is 11.6. The number of hydrogen-bond acceptors (Lipinski definition) is 5. The van der Waals surface area contributed by atoms with Crippen molar-refractivity contribution in [1.82, 2.24) is 20.1 Å². The summed E-state index contributed by atoms with van der Waals surface area (Å²) in [6.07, 6.45) is 1.57. The van der Waals surface area contributed by atoms with Crippen molar-refractivity contribution in [2.75, 3.05) is 6.61 Å². The van der Waals surface area contributed by atoms with Crippen LogP contribution in [0, 0.1) is 0 Å². The molecular weight excluding hydrogens is 290 g/mol. The summed E-state index contributed by atoms with van der Waals surface area (Å²) < 4.78 is 6.92. The second-order valence-electron chi connectivity index (χ2n) is 4.29. The summed E-state index contributed by atoms with van der Waals surface area (Å²) >= 11 is 4.85. The molecule has 0 saturated carbocycles. The second kappa shape index (κ2) is 6.80. The predicted molar refractivity (Wildman–Crippen MR) is 80.7 cm³/mol. The molecule has 1 amide bonds. The summed E-state index contributed by atoms with van der Waals surface area (Å²) in [6.45, 7) is 0.183. The minimum absolute atomic E-state index is 0.0841. The van der Waals surface area contributed by atoms with Gasteiger partial charge in [0.2, 0.25) is 0 Å². The van der Waals surface area contributed by atoms with Crippen LogP contribution in [0.1, 0.15) is 11.4 Å². The molecule has 110 valence electrons. The van der Waals surface area contributed by atoms with E-state index in [-0.39, 0.29) is 19.1 Å². The van der Waals surface area contributed by atoms with Crippen molar-refractivity contribution < 1.29 is 9.53 Å². The Morgan fingerprint density at radius 1 is 1.43 bits per heavy atom. The number of ether oxygens (including phenoxy) is 1. The lowest BCUT2D eigenvalue weighted by Gasteiger charge is -2.07. The summed E-state index contributed by atoms with van der Waals surface area (Å²) in [4.78, 5) is 16.0. The van der Waals surface area contributed by atoms with Crippen LogP contribution in [-0.4, -0.2) is 32.3 Å². The van der Waals surface area contributed by atoms with Crippen LogP contribution in [-0.2, 0) is 18.4 Å². The third-order valence-corrected chi connectivity index (χ3v) is 2.84. The molecule has 0 aliphatic carbocycles. The van der Waals surface area contributed by atoms with E-state index in [2.05, 4.69) is 15.4 Å². The monoisotopic (exact) mass is 305 g/mol. The van der Waals surface area contributed by atoms with Crippen LogP contribution in [0.15, 0.2) is 30.6 Å². The number of carbonyl (C=O) groups is 1. The highest BCUT2D eigenvalue weighted by atomic mass is 32.1. The van der Waals surface area contributed by atoms with Gasteiger partial charge in [-0.05, 0) is 24.3 Å². The van der Waals surface area contributed by atoms with Crippen LogP contribution in [0.5, 0.6) is 5.75 Å². The van der Waals surface area contributed by atoms with Gasteiger partial charge in [-0.3, -0.25) is 9.48 Å². The molecule has 21 heavy (non-hydrogen) atoms. The number of rotatable bonds is 6. The van der Waals surface area contributed by atoms with Crippen molar-refractivity contribution in [2.45, 2.75) is 6.54 Å². The third kappa shape index (κ3) is 4.53. The molecule has 0 aliphatic rings. The minimum Gasteiger partial charge on any atom is -0.484 e. The first-order valence-electron chi connectivity index (χ1n) is 6.18. The van der Waals surface area contributed by atoms with E-state index in [1.807, 2.05) is 0 Å². The SMILES string of the molecule is Cn1cnc(CNC(=O)COc2ccc(C(N)=S)cc2)n1. The first kappa shape index (κ1) is 14.9. The normalized spacial score (nSPS) is 10.1. The Bertz CT molecular complexity index is 638. The van der Waals surface area contributed by atoms with Gasteiger partial charge in [-0.15, -0.1) is 0 Å². The molecule has 0 atom stereocenters. The summed E-state index contributed by atoms with van der Waals surface area (Å²) in [5.41, 5.74) is 6.25. The standard InChI is InChI=1S/C13H15N5O2S/c1-18-8-16-11(17-18)6-15-12(19)7-20-10-4-2-9(3-5-10)13(14)21/h2-5,8H,6-7H2,1H3,(H2,14,21)(H,15,19). The van der Waals surface area contributed by atoms with Crippen LogP contribution >= 0.6 is 12.2 Å². The molecule has 0 bridgehead atoms. The van der Waals surface area contributed by atoms with Crippen molar-refractivity contribution in [1.29, 1.82) is 0 Å². The van der Waals surface area contributed by atoms with Gasteiger partial charge in [0, 0.05) is 12.6 Å². The van der Waals surface area contributed by atoms with Crippen LogP contribution in [0.25, 0.3) is 0 Å². The highest BCUT2D eigenvalue weighted by Gasteiger charge is 2.05. The lowest BCUT2D eigenvalue weighted by molar-refractivity contribution is -0.123. The summed E-state index contributed by atoms with van der Waals surface area (Å²) in [5.74, 6) is 0.869. The van der Waals surface area contributed by atoms with E-state index in [1.54, 1.807) is 42.3 Å². The quantitative estimate of drug-likeness (QED) is 0.737. The molecule has 1 aromatic heterocycles. The fourth-order valence-corrected chi connectivity index (χ4v) is 1.69. The van der Waals surface area contributed by atoms with E-state index in [0.717, 1.165) is 5.56 Å². The fourth-order valence-electron chi connectivity index (χ4n) is 1.56. The molecule has 2 aromatic rings. The molecular formula is C13H15N5O2S. The highest BCUT2D eigenvalue weighted by Crippen LogP contribution is 2.11. The van der Waals surface area contributed by atoms with Crippen molar-refractivity contribution >= 4 is 23.1 Å². The zero-order valence-corrected chi connectivity index (χ0v) is 12.3. The third-order valence-electron chi connectivity index (χ3n) is 2.60. The van der Waals surface area contributed by atoms with Crippen molar-refractivity contribution in [3.05, 3.63) is 42.0 Å². The molecule has 2 rings (SSSR count). The maximum absolute atomic E-state index is 11.6. The van der Waals surface area contributed by atoms with Gasteiger partial charge >= 0.3 is 0 Å². The number of nitrogens with zero attached hydrogens (tertiary/aromatic N) is 3. The van der Waals surface area contributed by atoms with E-state index in [9.17, 15) is 4.79 Å². The summed E-state index contributed by atoms with van der Waals surface area (Å²) in [7, 11) is 1.76. The lowest BCUT2D eigenvalue weighted by atomic mass is 10.2. The molecule has 1 heterocycles. The Labute approximate surface area is 127 Å². The first-order valence-corrected chi connectivity index (χ1v) is 6.59. The zero-order valence-electron chi connectivity index (χ0n) is 11.4. The van der Waals surface area contributed by atoms with Gasteiger partial charge in [-0.2, -0.15) is 5.10 Å². The molecule has 0 unspecified atom stereocenters. The Kier molecular flexibility index (Phi) is 4.83. The van der Waals surface area contributed by atoms with E-state index < -0.39 is 0 Å². The summed E-state index contributed by atoms with van der Waals surface area (Å²) in [6, 6.07) is 6.91. The summed E-state index contributed by atoms with van der Waals surface area (Å²) in [5, 5.41) is 6.72. The molecule has 0 aliphatic heterocycles. The molecule has 7 nitrogen and oxygen atoms in total. The Hall–Kier alpha value is -2.48. The first-order chi connectivity index (χ1) is 10.0. The van der Waals surface area contributed by atoms with Crippen molar-refractivity contribution in [2.24, 2.45) is 12.8 Å². The smallest absolute Gasteiger partial charge is 0.258 e. The molecule has 0 fully saturated rings. The van der Waals surface area contributed by atoms with Gasteiger partial charge in [0.1, 0.15) is 17.1 Å². The average molecular weight is 305 g/mol. The molecule has 8 heteroatoms. The minimum atomic E-state index is -0.249. The number of aryl methyl sites for hydroxylation is 1. The number of nitrogens with one attached hydrogen (secondary N) is 1. The Balaban J connectivity index is 1.77. The van der Waals surface area contributed by atoms with Crippen LogP contribution < -0.4 is 15.8 Å². The largest absolute Gasteiger partial charge is 0.484 e. The average Bonchev–Trinajstić information content (AvgIpc) is 2.89. The number of nitrogens with two attached hydrogens (primary N) is 1. The van der Waals surface area contributed by atoms with Gasteiger partial charge in [-0.25, -0.2) is 4.98 Å². The van der Waals surface area contributed by atoms with Gasteiger partial charge in [0.15, 0.2) is 12.4 Å². The molecule has 3 N–H and O–H groups in total. The van der Waals surface area contributed by atoms with Gasteiger partial charge < -0.3 is 15.8 Å². The fraction of sp³-hybridized carbons (Fsp3) is 0.231. The van der Waals surface area contributed by atoms with Crippen LogP contribution in [0.2, 0.25) is 0 Å². The lowest BCUT2D eigenvalue weighted by Crippen LogP contribution is -2.28. The van der Waals surface area contributed by atoms with Crippen LogP contribution in [0.3, 0.4) is 0 Å². The van der Waals surface area contributed by atoms with Gasteiger partial charge in [0.25, 0.3) is 5.91 Å². The Morgan fingerprint density at radius 3 is 2.71 bits per heavy atom.